The lowest BCUT2D eigenvalue weighted by Gasteiger charge is -1.98. The third-order valence-corrected chi connectivity index (χ3v) is 2.96. The van der Waals surface area contributed by atoms with Crippen molar-refractivity contribution in [1.82, 2.24) is 9.97 Å². The van der Waals surface area contributed by atoms with Gasteiger partial charge in [-0.15, -0.1) is 0 Å². The minimum Gasteiger partial charge on any atom is -0.335 e. The van der Waals surface area contributed by atoms with E-state index in [2.05, 4.69) is 22.2 Å². The zero-order valence-electron chi connectivity index (χ0n) is 6.42. The second-order valence-electron chi connectivity index (χ2n) is 2.30. The number of aryl methyl sites for hydroxylation is 1. The van der Waals surface area contributed by atoms with Gasteiger partial charge in [0.2, 0.25) is 0 Å². The van der Waals surface area contributed by atoms with Crippen molar-refractivity contribution in [3.8, 4) is 0 Å². The fourth-order valence-corrected chi connectivity index (χ4v) is 2.37. The van der Waals surface area contributed by atoms with Gasteiger partial charge in [-0.05, 0) is 19.1 Å². The molecule has 0 saturated heterocycles. The number of nitrogens with one attached hydrogen (secondary N) is 2. The molecule has 8 heteroatoms. The van der Waals surface area contributed by atoms with Crippen molar-refractivity contribution in [2.75, 3.05) is 0 Å². The number of rotatable bonds is 1. The van der Waals surface area contributed by atoms with Gasteiger partial charge >= 0.3 is 0 Å². The Balaban J connectivity index is 3.77. The Labute approximate surface area is 83.2 Å². The molecule has 0 aliphatic carbocycles. The highest BCUT2D eigenvalue weighted by atomic mass is 35.7. The van der Waals surface area contributed by atoms with Crippen LogP contribution >= 0.6 is 22.9 Å². The van der Waals surface area contributed by atoms with E-state index in [1.165, 1.54) is 6.92 Å². The van der Waals surface area contributed by atoms with E-state index in [0.717, 1.165) is 0 Å². The molecule has 1 rings (SSSR count). The summed E-state index contributed by atoms with van der Waals surface area (Å²) in [6.07, 6.45) is 0. The van der Waals surface area contributed by atoms with Crippen LogP contribution in [-0.4, -0.2) is 18.4 Å². The van der Waals surface area contributed by atoms with Crippen LogP contribution in [0.25, 0.3) is 0 Å². The van der Waals surface area contributed by atoms with Crippen LogP contribution < -0.4 is 5.56 Å². The molecule has 0 bridgehead atoms. The molecule has 0 fully saturated rings. The van der Waals surface area contributed by atoms with Gasteiger partial charge in [0.25, 0.3) is 14.6 Å². The first-order valence-corrected chi connectivity index (χ1v) is 5.82. The van der Waals surface area contributed by atoms with Gasteiger partial charge in [0.1, 0.15) is 0 Å². The van der Waals surface area contributed by atoms with Gasteiger partial charge < -0.3 is 4.98 Å². The fourth-order valence-electron chi connectivity index (χ4n) is 0.882. The molecule has 1 aromatic heterocycles. The Kier molecular flexibility index (Phi) is 2.60. The summed E-state index contributed by atoms with van der Waals surface area (Å²) < 4.78 is 21.8. The molecule has 13 heavy (non-hydrogen) atoms. The highest BCUT2D eigenvalue weighted by Gasteiger charge is 2.18. The van der Waals surface area contributed by atoms with Crippen molar-refractivity contribution in [3.63, 3.8) is 0 Å². The Bertz CT molecular complexity index is 542. The first kappa shape index (κ1) is 10.4. The number of halogens is 1. The Hall–Kier alpha value is -0.660. The van der Waals surface area contributed by atoms with E-state index >= 15 is 0 Å². The maximum Gasteiger partial charge on any atom is 0.272 e. The molecule has 1 aromatic rings. The van der Waals surface area contributed by atoms with Gasteiger partial charge in [-0.1, -0.05) is 0 Å². The monoisotopic (exact) mass is 240 g/mol. The SMILES string of the molecule is Cc1[nH]c(=S)[nH]c(=O)c1S(=O)(=O)Cl. The number of hydrogen-bond acceptors (Lipinski definition) is 4. The van der Waals surface area contributed by atoms with Crippen LogP contribution in [0.1, 0.15) is 5.69 Å². The van der Waals surface area contributed by atoms with E-state index in [1.807, 2.05) is 0 Å². The molecule has 1 heterocycles. The molecule has 0 aliphatic rings. The second kappa shape index (κ2) is 3.24. The third-order valence-electron chi connectivity index (χ3n) is 1.32. The van der Waals surface area contributed by atoms with Crippen LogP contribution in [0.4, 0.5) is 0 Å². The molecular weight excluding hydrogens is 236 g/mol. The molecule has 0 unspecified atom stereocenters. The molecule has 0 radical (unpaired) electrons. The normalized spacial score (nSPS) is 11.5. The first-order valence-electron chi connectivity index (χ1n) is 3.10. The van der Waals surface area contributed by atoms with Crippen molar-refractivity contribution < 1.29 is 8.42 Å². The standard InChI is InChI=1S/C5H5ClN2O3S2/c1-2-3(13(6,10)11)4(9)8-5(12)7-2/h1H3,(H2,7,8,9,12). The quantitative estimate of drug-likeness (QED) is 0.558. The van der Waals surface area contributed by atoms with Crippen molar-refractivity contribution >= 4 is 32.0 Å². The van der Waals surface area contributed by atoms with E-state index in [4.69, 9.17) is 10.7 Å². The van der Waals surface area contributed by atoms with Gasteiger partial charge in [-0.3, -0.25) is 9.78 Å². The van der Waals surface area contributed by atoms with E-state index < -0.39 is 19.5 Å². The Morgan fingerprint density at radius 1 is 1.38 bits per heavy atom. The van der Waals surface area contributed by atoms with E-state index in [0.29, 0.717) is 0 Å². The largest absolute Gasteiger partial charge is 0.335 e. The average molecular weight is 241 g/mol. The Morgan fingerprint density at radius 3 is 2.31 bits per heavy atom. The fraction of sp³-hybridized carbons (Fsp3) is 0.200. The summed E-state index contributed by atoms with van der Waals surface area (Å²) >= 11 is 4.62. The molecule has 0 aromatic carbocycles. The van der Waals surface area contributed by atoms with Crippen molar-refractivity contribution in [1.29, 1.82) is 0 Å². The smallest absolute Gasteiger partial charge is 0.272 e. The van der Waals surface area contributed by atoms with Crippen LogP contribution in [-0.2, 0) is 9.05 Å². The summed E-state index contributed by atoms with van der Waals surface area (Å²) in [6.45, 7) is 1.40. The predicted molar refractivity (Wildman–Crippen MR) is 50.0 cm³/mol. The van der Waals surface area contributed by atoms with E-state index in [-0.39, 0.29) is 10.5 Å². The lowest BCUT2D eigenvalue weighted by molar-refractivity contribution is 0.606. The first-order chi connectivity index (χ1) is 5.82. The Morgan fingerprint density at radius 2 is 1.92 bits per heavy atom. The lowest BCUT2D eigenvalue weighted by atomic mass is 10.4. The zero-order valence-corrected chi connectivity index (χ0v) is 8.81. The molecule has 0 aliphatic heterocycles. The maximum atomic E-state index is 11.1. The minimum absolute atomic E-state index is 0.0616. The number of aromatic nitrogens is 2. The van der Waals surface area contributed by atoms with Crippen molar-refractivity contribution in [2.45, 2.75) is 11.8 Å². The third kappa shape index (κ3) is 2.17. The number of hydrogen-bond donors (Lipinski definition) is 2. The van der Waals surface area contributed by atoms with Gasteiger partial charge in [-0.2, -0.15) is 0 Å². The topological polar surface area (TPSA) is 82.8 Å². The van der Waals surface area contributed by atoms with Crippen LogP contribution in [0, 0.1) is 11.7 Å². The van der Waals surface area contributed by atoms with Crippen molar-refractivity contribution in [3.05, 3.63) is 20.8 Å². The van der Waals surface area contributed by atoms with Crippen LogP contribution in [0.2, 0.25) is 0 Å². The molecule has 0 amide bonds. The van der Waals surface area contributed by atoms with E-state index in [9.17, 15) is 13.2 Å². The highest BCUT2D eigenvalue weighted by molar-refractivity contribution is 8.13. The summed E-state index contributed by atoms with van der Waals surface area (Å²) in [5.74, 6) is 0. The average Bonchev–Trinajstić information content (AvgIpc) is 1.78. The summed E-state index contributed by atoms with van der Waals surface area (Å²) in [4.78, 5) is 15.2. The van der Waals surface area contributed by atoms with Crippen LogP contribution in [0.15, 0.2) is 9.69 Å². The minimum atomic E-state index is -4.03. The van der Waals surface area contributed by atoms with Gasteiger partial charge in [-0.25, -0.2) is 8.42 Å². The molecule has 5 nitrogen and oxygen atoms in total. The molecule has 0 atom stereocenters. The maximum absolute atomic E-state index is 11.1. The molecule has 2 N–H and O–H groups in total. The van der Waals surface area contributed by atoms with Crippen LogP contribution in [0.5, 0.6) is 0 Å². The lowest BCUT2D eigenvalue weighted by Crippen LogP contribution is -2.17. The second-order valence-corrected chi connectivity index (χ2v) is 5.21. The van der Waals surface area contributed by atoms with E-state index in [1.54, 1.807) is 0 Å². The number of H-pyrrole nitrogens is 2. The summed E-state index contributed by atoms with van der Waals surface area (Å²) in [5.41, 5.74) is -0.681. The molecule has 0 spiro atoms. The summed E-state index contributed by atoms with van der Waals surface area (Å²) in [7, 11) is 0.990. The van der Waals surface area contributed by atoms with Gasteiger partial charge in [0.15, 0.2) is 9.67 Å². The highest BCUT2D eigenvalue weighted by Crippen LogP contribution is 2.11. The zero-order chi connectivity index (χ0) is 10.2. The summed E-state index contributed by atoms with van der Waals surface area (Å²) in [5, 5.41) is 0. The predicted octanol–water partition coefficient (Wildman–Crippen LogP) is 0.668. The van der Waals surface area contributed by atoms with Crippen LogP contribution in [0.3, 0.4) is 0 Å². The molecule has 0 saturated carbocycles. The molecular formula is C5H5ClN2O3S2. The van der Waals surface area contributed by atoms with Crippen molar-refractivity contribution in [2.24, 2.45) is 0 Å². The molecule has 72 valence electrons. The summed E-state index contributed by atoms with van der Waals surface area (Å²) in [6, 6.07) is 0. The van der Waals surface area contributed by atoms with Gasteiger partial charge in [0, 0.05) is 16.4 Å². The number of aromatic amines is 2. The van der Waals surface area contributed by atoms with Gasteiger partial charge in [0.05, 0.1) is 0 Å².